The Bertz CT molecular complexity index is 713. The van der Waals surface area contributed by atoms with Crippen molar-refractivity contribution in [1.82, 2.24) is 9.97 Å². The summed E-state index contributed by atoms with van der Waals surface area (Å²) in [6, 6.07) is 3.78. The van der Waals surface area contributed by atoms with Crippen LogP contribution in [0.3, 0.4) is 0 Å². The van der Waals surface area contributed by atoms with Gasteiger partial charge in [0.05, 0.1) is 5.75 Å². The van der Waals surface area contributed by atoms with Crippen molar-refractivity contribution in [2.45, 2.75) is 38.0 Å². The van der Waals surface area contributed by atoms with Crippen molar-refractivity contribution in [3.8, 4) is 0 Å². The van der Waals surface area contributed by atoms with Gasteiger partial charge in [0.2, 0.25) is 0 Å². The number of hydrogen-bond acceptors (Lipinski definition) is 6. The highest BCUT2D eigenvalue weighted by Crippen LogP contribution is 2.27. The van der Waals surface area contributed by atoms with Gasteiger partial charge in [-0.1, -0.05) is 40.3 Å². The Morgan fingerprint density at radius 1 is 1.33 bits per heavy atom. The zero-order valence-corrected chi connectivity index (χ0v) is 15.9. The number of ether oxygens (including phenoxy) is 1. The normalized spacial score (nSPS) is 11.5. The third kappa shape index (κ3) is 6.45. The number of esters is 1. The molecular formula is C18H22N2O2S2. The van der Waals surface area contributed by atoms with E-state index in [2.05, 4.69) is 36.8 Å². The third-order valence-electron chi connectivity index (χ3n) is 3.23. The van der Waals surface area contributed by atoms with E-state index in [0.29, 0.717) is 6.61 Å². The molecule has 2 rings (SSSR count). The number of nitrogens with zero attached hydrogens (tertiary/aromatic N) is 2. The fourth-order valence-electron chi connectivity index (χ4n) is 1.94. The Balaban J connectivity index is 1.70. The first-order valence-corrected chi connectivity index (χ1v) is 9.64. The molecule has 0 bridgehead atoms. The number of allylic oxidation sites excluding steroid dienone is 3. The van der Waals surface area contributed by atoms with E-state index in [4.69, 9.17) is 4.74 Å². The molecule has 2 aromatic rings. The van der Waals surface area contributed by atoms with Crippen LogP contribution in [0.1, 0.15) is 33.6 Å². The highest BCUT2D eigenvalue weighted by molar-refractivity contribution is 8.01. The van der Waals surface area contributed by atoms with Gasteiger partial charge in [-0.3, -0.25) is 4.79 Å². The number of carbonyl (C=O) groups excluding carboxylic acids is 1. The van der Waals surface area contributed by atoms with Gasteiger partial charge in [0.25, 0.3) is 0 Å². The molecule has 0 aliphatic carbocycles. The van der Waals surface area contributed by atoms with Crippen LogP contribution in [0, 0.1) is 0 Å². The van der Waals surface area contributed by atoms with Gasteiger partial charge in [-0.15, -0.1) is 0 Å². The largest absolute Gasteiger partial charge is 0.461 e. The van der Waals surface area contributed by atoms with Crippen LogP contribution in [0.2, 0.25) is 0 Å². The molecule has 0 fully saturated rings. The Kier molecular flexibility index (Phi) is 7.46. The quantitative estimate of drug-likeness (QED) is 0.375. The van der Waals surface area contributed by atoms with E-state index in [1.807, 2.05) is 18.2 Å². The van der Waals surface area contributed by atoms with Crippen molar-refractivity contribution in [1.29, 1.82) is 0 Å². The maximum atomic E-state index is 11.8. The average molecular weight is 363 g/mol. The predicted octanol–water partition coefficient (Wildman–Crippen LogP) is 5.02. The second kappa shape index (κ2) is 9.59. The fraction of sp³-hybridized carbons (Fsp3) is 0.389. The first kappa shape index (κ1) is 18.7. The molecule has 0 saturated heterocycles. The summed E-state index contributed by atoms with van der Waals surface area (Å²) in [7, 11) is 0. The lowest BCUT2D eigenvalue weighted by molar-refractivity contribution is -0.139. The number of hydrogen-bond donors (Lipinski definition) is 0. The number of fused-ring (bicyclic) bond motifs is 1. The third-order valence-corrected chi connectivity index (χ3v) is 5.32. The molecule has 0 N–H and O–H groups in total. The van der Waals surface area contributed by atoms with Crippen LogP contribution in [0.4, 0.5) is 0 Å². The molecule has 0 unspecified atom stereocenters. The zero-order chi connectivity index (χ0) is 17.4. The van der Waals surface area contributed by atoms with Crippen LogP contribution in [0.25, 0.3) is 10.3 Å². The van der Waals surface area contributed by atoms with Gasteiger partial charge in [0.1, 0.15) is 17.0 Å². The number of rotatable bonds is 8. The van der Waals surface area contributed by atoms with Crippen molar-refractivity contribution in [3.63, 3.8) is 0 Å². The summed E-state index contributed by atoms with van der Waals surface area (Å²) in [4.78, 5) is 21.4. The summed E-state index contributed by atoms with van der Waals surface area (Å²) < 4.78 is 6.09. The van der Waals surface area contributed by atoms with E-state index in [1.165, 1.54) is 34.2 Å². The minimum absolute atomic E-state index is 0.222. The summed E-state index contributed by atoms with van der Waals surface area (Å²) in [6.07, 6.45) is 7.96. The second-order valence-corrected chi connectivity index (χ2v) is 7.85. The van der Waals surface area contributed by atoms with Gasteiger partial charge >= 0.3 is 5.97 Å². The number of thiazole rings is 1. The molecule has 0 saturated carbocycles. The van der Waals surface area contributed by atoms with Gasteiger partial charge in [0, 0.05) is 6.20 Å². The standard InChI is InChI=1S/C18H22N2O2S2/c1-13(2)6-4-7-14(3)9-11-22-16(21)12-23-18-20-15-8-5-10-19-17(15)24-18/h5-6,8-10H,4,7,11-12H2,1-3H3/b14-9+. The van der Waals surface area contributed by atoms with Crippen LogP contribution in [-0.4, -0.2) is 28.3 Å². The van der Waals surface area contributed by atoms with Crippen molar-refractivity contribution in [2.75, 3.05) is 12.4 Å². The van der Waals surface area contributed by atoms with E-state index in [0.717, 1.165) is 27.5 Å². The van der Waals surface area contributed by atoms with E-state index in [1.54, 1.807) is 6.20 Å². The maximum Gasteiger partial charge on any atom is 0.316 e. The number of aromatic nitrogens is 2. The molecule has 2 heterocycles. The topological polar surface area (TPSA) is 52.1 Å². The number of carbonyl (C=O) groups is 1. The molecule has 6 heteroatoms. The van der Waals surface area contributed by atoms with Gasteiger partial charge in [-0.2, -0.15) is 0 Å². The molecular weight excluding hydrogens is 340 g/mol. The van der Waals surface area contributed by atoms with E-state index < -0.39 is 0 Å². The Morgan fingerprint density at radius 3 is 2.92 bits per heavy atom. The van der Waals surface area contributed by atoms with Gasteiger partial charge in [-0.25, -0.2) is 9.97 Å². The first-order valence-electron chi connectivity index (χ1n) is 7.83. The van der Waals surface area contributed by atoms with E-state index in [9.17, 15) is 4.79 Å². The van der Waals surface area contributed by atoms with E-state index in [-0.39, 0.29) is 11.7 Å². The number of thioether (sulfide) groups is 1. The molecule has 0 amide bonds. The monoisotopic (exact) mass is 362 g/mol. The van der Waals surface area contributed by atoms with Crippen LogP contribution in [0.5, 0.6) is 0 Å². The Hall–Kier alpha value is -1.66. The summed E-state index contributed by atoms with van der Waals surface area (Å²) in [5.41, 5.74) is 3.44. The van der Waals surface area contributed by atoms with E-state index >= 15 is 0 Å². The Labute approximate surface area is 151 Å². The molecule has 0 radical (unpaired) electrons. The molecule has 0 aliphatic rings. The summed E-state index contributed by atoms with van der Waals surface area (Å²) in [5.74, 6) is 0.0466. The fourth-order valence-corrected chi connectivity index (χ4v) is 3.72. The van der Waals surface area contributed by atoms with Gasteiger partial charge < -0.3 is 4.74 Å². The molecule has 0 aromatic carbocycles. The minimum Gasteiger partial charge on any atom is -0.461 e. The molecule has 128 valence electrons. The summed E-state index contributed by atoms with van der Waals surface area (Å²) >= 11 is 2.89. The molecule has 2 aromatic heterocycles. The van der Waals surface area contributed by atoms with Crippen molar-refractivity contribution in [3.05, 3.63) is 41.6 Å². The van der Waals surface area contributed by atoms with Crippen LogP contribution >= 0.6 is 23.1 Å². The Morgan fingerprint density at radius 2 is 2.17 bits per heavy atom. The van der Waals surface area contributed by atoms with Gasteiger partial charge in [0.15, 0.2) is 4.34 Å². The van der Waals surface area contributed by atoms with Gasteiger partial charge in [-0.05, 0) is 51.8 Å². The predicted molar refractivity (Wildman–Crippen MR) is 102 cm³/mol. The van der Waals surface area contributed by atoms with Crippen molar-refractivity contribution >= 4 is 39.4 Å². The molecule has 0 aliphatic heterocycles. The minimum atomic E-state index is -0.222. The summed E-state index contributed by atoms with van der Waals surface area (Å²) in [6.45, 7) is 6.59. The lowest BCUT2D eigenvalue weighted by Gasteiger charge is -2.02. The first-order chi connectivity index (χ1) is 11.5. The number of pyridine rings is 1. The van der Waals surface area contributed by atoms with Crippen molar-refractivity contribution < 1.29 is 9.53 Å². The molecule has 0 spiro atoms. The lowest BCUT2D eigenvalue weighted by atomic mass is 10.1. The average Bonchev–Trinajstić information content (AvgIpc) is 2.95. The SMILES string of the molecule is CC(C)=CCC/C(C)=C/COC(=O)CSc1nc2cccnc2s1. The maximum absolute atomic E-state index is 11.8. The lowest BCUT2D eigenvalue weighted by Crippen LogP contribution is -2.07. The van der Waals surface area contributed by atoms with Crippen molar-refractivity contribution in [2.24, 2.45) is 0 Å². The molecule has 24 heavy (non-hydrogen) atoms. The highest BCUT2D eigenvalue weighted by Gasteiger charge is 2.08. The zero-order valence-electron chi connectivity index (χ0n) is 14.2. The second-order valence-electron chi connectivity index (χ2n) is 5.65. The highest BCUT2D eigenvalue weighted by atomic mass is 32.2. The summed E-state index contributed by atoms with van der Waals surface area (Å²) in [5, 5.41) is 0. The molecule has 4 nitrogen and oxygen atoms in total. The van der Waals surface area contributed by atoms with Crippen LogP contribution in [-0.2, 0) is 9.53 Å². The van der Waals surface area contributed by atoms with Crippen LogP contribution in [0.15, 0.2) is 46.0 Å². The smallest absolute Gasteiger partial charge is 0.316 e. The van der Waals surface area contributed by atoms with Crippen LogP contribution < -0.4 is 0 Å². The molecule has 0 atom stereocenters.